The summed E-state index contributed by atoms with van der Waals surface area (Å²) >= 11 is 0. The van der Waals surface area contributed by atoms with E-state index in [-0.39, 0.29) is 31.8 Å². The van der Waals surface area contributed by atoms with Gasteiger partial charge in [-0.25, -0.2) is 4.79 Å². The summed E-state index contributed by atoms with van der Waals surface area (Å²) in [4.78, 5) is 54.6. The summed E-state index contributed by atoms with van der Waals surface area (Å²) in [6.45, 7) is 1.91. The van der Waals surface area contributed by atoms with Crippen molar-refractivity contribution in [1.82, 2.24) is 16.0 Å². The molecule has 5 atom stereocenters. The number of benzene rings is 1. The Balaban J connectivity index is 3.13. The highest BCUT2D eigenvalue weighted by Gasteiger charge is 2.31. The van der Waals surface area contributed by atoms with Crippen molar-refractivity contribution in [3.8, 4) is 0 Å². The molecule has 0 radical (unpaired) electrons. The number of rotatable bonds is 18. The molecule has 13 N–H and O–H groups in total. The van der Waals surface area contributed by atoms with Gasteiger partial charge in [-0.1, -0.05) is 30.3 Å². The van der Waals surface area contributed by atoms with E-state index in [1.165, 1.54) is 6.92 Å². The van der Waals surface area contributed by atoms with Crippen molar-refractivity contribution in [1.29, 1.82) is 0 Å². The number of aliphatic imine (C=N–C) groups is 1. The Labute approximate surface area is 228 Å². The number of hydrogen-bond donors (Lipinski definition) is 9. The SMILES string of the molecule is CC(O)C(N)C(=O)NC(Cc1ccccc1)C(=O)NC(CCCN=C(N)N)C(=O)NC(CCCCN)C(=O)O. The normalized spacial score (nSPS) is 14.7. The quantitative estimate of drug-likeness (QED) is 0.0534. The predicted octanol–water partition coefficient (Wildman–Crippen LogP) is -2.34. The first-order valence-corrected chi connectivity index (χ1v) is 12.8. The number of hydrogen-bond acceptors (Lipinski definition) is 8. The summed E-state index contributed by atoms with van der Waals surface area (Å²) in [7, 11) is 0. The van der Waals surface area contributed by atoms with Gasteiger partial charge in [-0.05, 0) is 51.1 Å². The van der Waals surface area contributed by atoms with Gasteiger partial charge in [0.05, 0.1) is 6.10 Å². The summed E-state index contributed by atoms with van der Waals surface area (Å²) in [5, 5.41) is 26.9. The van der Waals surface area contributed by atoms with Crippen molar-refractivity contribution in [2.45, 2.75) is 75.7 Å². The highest BCUT2D eigenvalue weighted by atomic mass is 16.4. The zero-order valence-corrected chi connectivity index (χ0v) is 22.2. The van der Waals surface area contributed by atoms with Crippen LogP contribution in [0.3, 0.4) is 0 Å². The minimum atomic E-state index is -1.28. The van der Waals surface area contributed by atoms with Crippen LogP contribution in [0.1, 0.15) is 44.6 Å². The average molecular weight is 551 g/mol. The zero-order valence-electron chi connectivity index (χ0n) is 22.2. The minimum absolute atomic E-state index is 0.0735. The largest absolute Gasteiger partial charge is 0.480 e. The number of aliphatic hydroxyl groups is 1. The van der Waals surface area contributed by atoms with Crippen LogP contribution in [0.2, 0.25) is 0 Å². The average Bonchev–Trinajstić information content (AvgIpc) is 2.89. The molecule has 1 rings (SSSR count). The maximum atomic E-state index is 13.4. The molecule has 0 saturated carbocycles. The fourth-order valence-electron chi connectivity index (χ4n) is 3.61. The van der Waals surface area contributed by atoms with Crippen molar-refractivity contribution in [2.75, 3.05) is 13.1 Å². The number of guanidine groups is 1. The van der Waals surface area contributed by atoms with E-state index in [9.17, 15) is 29.4 Å². The minimum Gasteiger partial charge on any atom is -0.480 e. The fourth-order valence-corrected chi connectivity index (χ4v) is 3.61. The number of carbonyl (C=O) groups is 4. The van der Waals surface area contributed by atoms with E-state index in [2.05, 4.69) is 20.9 Å². The lowest BCUT2D eigenvalue weighted by atomic mass is 10.0. The Morgan fingerprint density at radius 3 is 2.00 bits per heavy atom. The fraction of sp³-hybridized carbons (Fsp3) is 0.560. The van der Waals surface area contributed by atoms with Crippen LogP contribution in [0.25, 0.3) is 0 Å². The number of nitrogens with two attached hydrogens (primary N) is 4. The molecule has 0 fully saturated rings. The van der Waals surface area contributed by atoms with Gasteiger partial charge in [0.25, 0.3) is 0 Å². The Morgan fingerprint density at radius 2 is 1.44 bits per heavy atom. The van der Waals surface area contributed by atoms with E-state index in [1.807, 2.05) is 0 Å². The maximum Gasteiger partial charge on any atom is 0.326 e. The Morgan fingerprint density at radius 1 is 0.872 bits per heavy atom. The Bertz CT molecular complexity index is 955. The molecule has 0 bridgehead atoms. The topological polar surface area (TPSA) is 261 Å². The van der Waals surface area contributed by atoms with Gasteiger partial charge in [0, 0.05) is 13.0 Å². The molecular weight excluding hydrogens is 508 g/mol. The first kappa shape index (κ1) is 33.3. The summed E-state index contributed by atoms with van der Waals surface area (Å²) in [5.74, 6) is -3.50. The second-order valence-electron chi connectivity index (χ2n) is 9.21. The number of carboxylic acid groups (broad SMARTS) is 1. The van der Waals surface area contributed by atoms with Crippen LogP contribution in [0, 0.1) is 0 Å². The van der Waals surface area contributed by atoms with E-state index in [1.54, 1.807) is 30.3 Å². The van der Waals surface area contributed by atoms with E-state index in [0.29, 0.717) is 25.8 Å². The van der Waals surface area contributed by atoms with Gasteiger partial charge in [0.1, 0.15) is 24.2 Å². The second kappa shape index (κ2) is 17.7. The van der Waals surface area contributed by atoms with Crippen molar-refractivity contribution < 1.29 is 29.4 Å². The molecule has 0 aliphatic carbocycles. The predicted molar refractivity (Wildman–Crippen MR) is 146 cm³/mol. The van der Waals surface area contributed by atoms with Gasteiger partial charge in [0.15, 0.2) is 5.96 Å². The van der Waals surface area contributed by atoms with Gasteiger partial charge in [-0.15, -0.1) is 0 Å². The third-order valence-corrected chi connectivity index (χ3v) is 5.88. The van der Waals surface area contributed by atoms with E-state index in [0.717, 1.165) is 5.56 Å². The summed E-state index contributed by atoms with van der Waals surface area (Å²) in [5.41, 5.74) is 22.6. The summed E-state index contributed by atoms with van der Waals surface area (Å²) < 4.78 is 0. The number of aliphatic carboxylic acids is 1. The van der Waals surface area contributed by atoms with Gasteiger partial charge in [-0.3, -0.25) is 19.4 Å². The molecule has 0 aliphatic heterocycles. The molecule has 14 nitrogen and oxygen atoms in total. The second-order valence-corrected chi connectivity index (χ2v) is 9.21. The number of carboxylic acids is 1. The number of nitrogens with zero attached hydrogens (tertiary/aromatic N) is 1. The molecule has 39 heavy (non-hydrogen) atoms. The lowest BCUT2D eigenvalue weighted by Crippen LogP contribution is -2.58. The third kappa shape index (κ3) is 13.0. The van der Waals surface area contributed by atoms with Crippen LogP contribution < -0.4 is 38.9 Å². The van der Waals surface area contributed by atoms with Crippen LogP contribution in [0.15, 0.2) is 35.3 Å². The molecule has 0 spiro atoms. The smallest absolute Gasteiger partial charge is 0.326 e. The summed E-state index contributed by atoms with van der Waals surface area (Å²) in [6.07, 6.45) is 0.539. The number of aliphatic hydroxyl groups excluding tert-OH is 1. The monoisotopic (exact) mass is 550 g/mol. The molecule has 3 amide bonds. The highest BCUT2D eigenvalue weighted by molar-refractivity contribution is 5.94. The van der Waals surface area contributed by atoms with E-state index < -0.39 is 54.0 Å². The molecule has 0 heterocycles. The van der Waals surface area contributed by atoms with Crippen LogP contribution >= 0.6 is 0 Å². The zero-order chi connectivity index (χ0) is 29.4. The first-order chi connectivity index (χ1) is 18.5. The number of nitrogens with one attached hydrogen (secondary N) is 3. The van der Waals surface area contributed by atoms with Crippen LogP contribution in [0.4, 0.5) is 0 Å². The summed E-state index contributed by atoms with van der Waals surface area (Å²) in [6, 6.07) is 4.11. The van der Waals surface area contributed by atoms with Gasteiger partial charge < -0.3 is 49.1 Å². The molecule has 1 aromatic carbocycles. The lowest BCUT2D eigenvalue weighted by molar-refractivity contribution is -0.142. The van der Waals surface area contributed by atoms with E-state index in [4.69, 9.17) is 22.9 Å². The van der Waals surface area contributed by atoms with Crippen molar-refractivity contribution >= 4 is 29.7 Å². The molecule has 0 aromatic heterocycles. The van der Waals surface area contributed by atoms with Crippen molar-refractivity contribution in [3.63, 3.8) is 0 Å². The lowest BCUT2D eigenvalue weighted by Gasteiger charge is -2.26. The molecular formula is C25H42N8O6. The van der Waals surface area contributed by atoms with Gasteiger partial charge in [0.2, 0.25) is 17.7 Å². The number of unbranched alkanes of at least 4 members (excludes halogenated alkanes) is 1. The van der Waals surface area contributed by atoms with E-state index >= 15 is 0 Å². The van der Waals surface area contributed by atoms with Crippen LogP contribution in [-0.4, -0.2) is 83.2 Å². The molecule has 0 saturated heterocycles. The molecule has 5 unspecified atom stereocenters. The molecule has 0 aliphatic rings. The first-order valence-electron chi connectivity index (χ1n) is 12.8. The molecule has 14 heteroatoms. The standard InChI is InChI=1S/C25H42N8O6/c1-15(34)20(27)23(37)33-19(14-16-8-3-2-4-9-16)22(36)31-17(11-7-13-30-25(28)29)21(35)32-18(24(38)39)10-5-6-12-26/h2-4,8-9,15,17-20,34H,5-7,10-14,26-27H2,1H3,(H,31,36)(H,32,35)(H,33,37)(H,38,39)(H4,28,29,30). The maximum absolute atomic E-state index is 13.4. The third-order valence-electron chi connectivity index (χ3n) is 5.88. The highest BCUT2D eigenvalue weighted by Crippen LogP contribution is 2.08. The Kier molecular flexibility index (Phi) is 15.1. The van der Waals surface area contributed by atoms with Crippen LogP contribution in [0.5, 0.6) is 0 Å². The van der Waals surface area contributed by atoms with Crippen LogP contribution in [-0.2, 0) is 25.6 Å². The molecule has 218 valence electrons. The number of amides is 3. The van der Waals surface area contributed by atoms with Gasteiger partial charge in [-0.2, -0.15) is 0 Å². The molecule has 1 aromatic rings. The Hall–Kier alpha value is -3.75. The van der Waals surface area contributed by atoms with Gasteiger partial charge >= 0.3 is 5.97 Å². The van der Waals surface area contributed by atoms with Crippen molar-refractivity contribution in [2.24, 2.45) is 27.9 Å². The number of carbonyl (C=O) groups excluding carboxylic acids is 3. The van der Waals surface area contributed by atoms with Crippen molar-refractivity contribution in [3.05, 3.63) is 35.9 Å².